The summed E-state index contributed by atoms with van der Waals surface area (Å²) in [6.07, 6.45) is 2.22. The molecule has 0 radical (unpaired) electrons. The fraction of sp³-hybridized carbons (Fsp3) is 0.792. The summed E-state index contributed by atoms with van der Waals surface area (Å²) in [5, 5.41) is 15.3. The molecule has 9 heteroatoms. The van der Waals surface area contributed by atoms with Crippen LogP contribution in [0.4, 0.5) is 5.13 Å². The van der Waals surface area contributed by atoms with Gasteiger partial charge in [0.05, 0.1) is 25.9 Å². The number of likely N-dealkylation sites (N-methyl/N-ethyl adjacent to an activating group) is 1. The lowest BCUT2D eigenvalue weighted by molar-refractivity contribution is -0.849. The summed E-state index contributed by atoms with van der Waals surface area (Å²) in [7, 11) is 3.90. The van der Waals surface area contributed by atoms with Crippen molar-refractivity contribution in [2.45, 2.75) is 52.1 Å². The number of thiazole rings is 1. The number of nitrogens with one attached hydrogen (secondary N) is 2. The molecule has 4 rings (SSSR count). The van der Waals surface area contributed by atoms with E-state index >= 15 is 0 Å². The number of aliphatic hydroxyl groups excluding tert-OH is 1. The monoisotopic (exact) mass is 495 g/mol. The molecular formula is C24H39N4O3S2+. The van der Waals surface area contributed by atoms with Crippen molar-refractivity contribution in [2.24, 2.45) is 23.2 Å². The number of hydrogen-bond donors (Lipinski definition) is 3. The molecular weight excluding hydrogens is 456 g/mol. The van der Waals surface area contributed by atoms with Gasteiger partial charge in [0.15, 0.2) is 11.7 Å². The summed E-state index contributed by atoms with van der Waals surface area (Å²) in [6.45, 7) is 8.51. The Bertz CT molecular complexity index is 885. The number of anilines is 1. The van der Waals surface area contributed by atoms with Gasteiger partial charge >= 0.3 is 0 Å². The molecule has 33 heavy (non-hydrogen) atoms. The highest BCUT2D eigenvalue weighted by Gasteiger charge is 2.54. The molecule has 1 saturated heterocycles. The number of aromatic nitrogens is 1. The van der Waals surface area contributed by atoms with Gasteiger partial charge in [0.25, 0.3) is 5.91 Å². The van der Waals surface area contributed by atoms with Crippen molar-refractivity contribution in [2.75, 3.05) is 50.6 Å². The van der Waals surface area contributed by atoms with Gasteiger partial charge in [0, 0.05) is 41.3 Å². The Hall–Kier alpha value is -1.16. The van der Waals surface area contributed by atoms with Crippen LogP contribution in [0, 0.1) is 23.2 Å². The number of fused-ring (bicyclic) bond motifs is 2. The van der Waals surface area contributed by atoms with E-state index in [1.54, 1.807) is 11.3 Å². The van der Waals surface area contributed by atoms with Gasteiger partial charge in [-0.2, -0.15) is 11.8 Å². The molecule has 7 nitrogen and oxygen atoms in total. The number of rotatable bonds is 5. The second-order valence-corrected chi connectivity index (χ2v) is 13.1. The zero-order valence-electron chi connectivity index (χ0n) is 20.5. The molecule has 3 aliphatic rings. The molecule has 1 saturated carbocycles. The third kappa shape index (κ3) is 4.97. The van der Waals surface area contributed by atoms with Crippen molar-refractivity contribution in [3.05, 3.63) is 10.6 Å². The minimum Gasteiger partial charge on any atom is -0.392 e. The van der Waals surface area contributed by atoms with Crippen molar-refractivity contribution in [3.8, 4) is 0 Å². The normalized spacial score (nSPS) is 32.8. The second kappa shape index (κ2) is 9.84. The van der Waals surface area contributed by atoms with Crippen LogP contribution in [0.3, 0.4) is 0 Å². The Kier molecular flexibility index (Phi) is 7.44. The lowest BCUT2D eigenvalue weighted by Gasteiger charge is -2.53. The predicted octanol–water partition coefficient (Wildman–Crippen LogP) is 1.49. The van der Waals surface area contributed by atoms with Gasteiger partial charge < -0.3 is 14.9 Å². The molecule has 0 unspecified atom stereocenters. The molecule has 2 heterocycles. The summed E-state index contributed by atoms with van der Waals surface area (Å²) in [5.41, 5.74) is 0.996. The van der Waals surface area contributed by atoms with E-state index in [9.17, 15) is 14.7 Å². The summed E-state index contributed by atoms with van der Waals surface area (Å²) < 4.78 is 0. The number of quaternary nitrogens is 1. The average Bonchev–Trinajstić information content (AvgIpc) is 3.14. The quantitative estimate of drug-likeness (QED) is 0.576. The van der Waals surface area contributed by atoms with Gasteiger partial charge in [0.1, 0.15) is 0 Å². The third-order valence-corrected chi connectivity index (χ3v) is 9.97. The van der Waals surface area contributed by atoms with E-state index in [0.29, 0.717) is 11.7 Å². The molecule has 6 atom stereocenters. The smallest absolute Gasteiger partial charge is 0.281 e. The molecule has 2 amide bonds. The first-order chi connectivity index (χ1) is 15.6. The van der Waals surface area contributed by atoms with E-state index in [0.717, 1.165) is 54.5 Å². The molecule has 0 aromatic carbocycles. The van der Waals surface area contributed by atoms with E-state index in [2.05, 4.69) is 19.2 Å². The number of carbonyl (C=O) groups is 2. The van der Waals surface area contributed by atoms with E-state index in [1.807, 2.05) is 37.7 Å². The Morgan fingerprint density at radius 1 is 1.33 bits per heavy atom. The molecule has 2 fully saturated rings. The van der Waals surface area contributed by atoms with Crippen molar-refractivity contribution in [1.29, 1.82) is 0 Å². The maximum Gasteiger partial charge on any atom is 0.281 e. The SMILES string of the molecule is C[C@H](C(=O)N1CCSCC1)[C@H]1CC[C@]2(C)Cc3sc(NC(=O)C[NH+](C)C)nc3[C@@H](C)[C@@H]2[C@H]1O. The Balaban J connectivity index is 1.51. The van der Waals surface area contributed by atoms with E-state index in [1.165, 1.54) is 4.88 Å². The second-order valence-electron chi connectivity index (χ2n) is 10.8. The van der Waals surface area contributed by atoms with Gasteiger partial charge in [-0.1, -0.05) is 20.8 Å². The number of aliphatic hydroxyl groups is 1. The summed E-state index contributed by atoms with van der Waals surface area (Å²) in [4.78, 5) is 34.6. The van der Waals surface area contributed by atoms with Crippen LogP contribution in [-0.4, -0.2) is 78.1 Å². The summed E-state index contributed by atoms with van der Waals surface area (Å²) in [6, 6.07) is 0. The molecule has 1 aliphatic heterocycles. The lowest BCUT2D eigenvalue weighted by Crippen LogP contribution is -3.06. The molecule has 2 aliphatic carbocycles. The van der Waals surface area contributed by atoms with E-state index < -0.39 is 6.10 Å². The van der Waals surface area contributed by atoms with E-state index in [-0.39, 0.29) is 40.9 Å². The minimum absolute atomic E-state index is 0.0185. The molecule has 1 aromatic heterocycles. The van der Waals surface area contributed by atoms with Crippen LogP contribution in [0.1, 0.15) is 50.1 Å². The van der Waals surface area contributed by atoms with Crippen LogP contribution in [-0.2, 0) is 16.0 Å². The first-order valence-electron chi connectivity index (χ1n) is 12.2. The maximum atomic E-state index is 13.2. The Morgan fingerprint density at radius 3 is 2.70 bits per heavy atom. The van der Waals surface area contributed by atoms with E-state index in [4.69, 9.17) is 4.98 Å². The minimum atomic E-state index is -0.526. The molecule has 1 aromatic rings. The van der Waals surface area contributed by atoms with Gasteiger partial charge in [-0.25, -0.2) is 4.98 Å². The number of nitrogens with zero attached hydrogens (tertiary/aromatic N) is 2. The van der Waals surface area contributed by atoms with Crippen molar-refractivity contribution < 1.29 is 19.6 Å². The highest BCUT2D eigenvalue weighted by Crippen LogP contribution is 2.57. The highest BCUT2D eigenvalue weighted by atomic mass is 32.2. The van der Waals surface area contributed by atoms with Gasteiger partial charge in [0.2, 0.25) is 5.91 Å². The fourth-order valence-corrected chi connectivity index (χ4v) is 8.52. The summed E-state index contributed by atoms with van der Waals surface area (Å²) >= 11 is 3.49. The number of amides is 2. The number of thioether (sulfide) groups is 1. The molecule has 0 bridgehead atoms. The van der Waals surface area contributed by atoms with Crippen LogP contribution in [0.15, 0.2) is 0 Å². The first kappa shape index (κ1) is 24.9. The van der Waals surface area contributed by atoms with Crippen LogP contribution in [0.2, 0.25) is 0 Å². The van der Waals surface area contributed by atoms with Crippen molar-refractivity contribution in [3.63, 3.8) is 0 Å². The van der Waals surface area contributed by atoms with Gasteiger partial charge in [-0.3, -0.25) is 14.9 Å². The topological polar surface area (TPSA) is 87.0 Å². The predicted molar refractivity (Wildman–Crippen MR) is 134 cm³/mol. The Morgan fingerprint density at radius 2 is 2.03 bits per heavy atom. The fourth-order valence-electron chi connectivity index (χ4n) is 6.34. The Labute approximate surface area is 205 Å². The van der Waals surface area contributed by atoms with Crippen molar-refractivity contribution >= 4 is 40.0 Å². The maximum absolute atomic E-state index is 13.2. The summed E-state index contributed by atoms with van der Waals surface area (Å²) in [5.74, 6) is 2.15. The third-order valence-electron chi connectivity index (χ3n) is 8.04. The van der Waals surface area contributed by atoms with Crippen molar-refractivity contribution in [1.82, 2.24) is 9.88 Å². The largest absolute Gasteiger partial charge is 0.392 e. The van der Waals surface area contributed by atoms with Crippen LogP contribution in [0.25, 0.3) is 0 Å². The lowest BCUT2D eigenvalue weighted by atomic mass is 9.53. The molecule has 0 spiro atoms. The molecule has 3 N–H and O–H groups in total. The van der Waals surface area contributed by atoms with Crippen LogP contribution < -0.4 is 10.2 Å². The van der Waals surface area contributed by atoms with Crippen LogP contribution >= 0.6 is 23.1 Å². The number of carbonyl (C=O) groups excluding carboxylic acids is 2. The van der Waals surface area contributed by atoms with Crippen LogP contribution in [0.5, 0.6) is 0 Å². The van der Waals surface area contributed by atoms with Gasteiger partial charge in [-0.05, 0) is 36.5 Å². The highest BCUT2D eigenvalue weighted by molar-refractivity contribution is 7.99. The zero-order chi connectivity index (χ0) is 23.9. The standard InChI is InChI=1S/C24H38N4O3S2/c1-14(22(31)28-8-10-32-11-9-28)16-6-7-24(3)12-17-20(15(2)19(24)21(16)30)26-23(33-17)25-18(29)13-27(4)5/h14-16,19,21,30H,6-13H2,1-5H3,(H,25,26,29)/p+1/t14-,15-,16+,19+,21-,24+/m0/s1. The average molecular weight is 496 g/mol. The van der Waals surface area contributed by atoms with Gasteiger partial charge in [-0.15, -0.1) is 11.3 Å². The molecule has 184 valence electrons. The zero-order valence-corrected chi connectivity index (χ0v) is 22.2. The first-order valence-corrected chi connectivity index (χ1v) is 14.2. The number of hydrogen-bond acceptors (Lipinski definition) is 6.